The molecule has 0 amide bonds. The van der Waals surface area contributed by atoms with Crippen LogP contribution >= 0.6 is 0 Å². The predicted molar refractivity (Wildman–Crippen MR) is 272 cm³/mol. The van der Waals surface area contributed by atoms with Gasteiger partial charge < -0.3 is 23.2 Å². The molecule has 0 aliphatic carbocycles. The number of ether oxygens (including phenoxy) is 2. The van der Waals surface area contributed by atoms with Crippen molar-refractivity contribution in [2.45, 2.75) is 64.7 Å². The van der Waals surface area contributed by atoms with E-state index in [1.807, 2.05) is 12.1 Å². The number of aromatic nitrogens is 3. The number of halogens is 3. The zero-order valence-electron chi connectivity index (χ0n) is 38.2. The fourth-order valence-electron chi connectivity index (χ4n) is 10.5. The van der Waals surface area contributed by atoms with Crippen molar-refractivity contribution < 1.29 is 22.6 Å². The van der Waals surface area contributed by atoms with Gasteiger partial charge in [0, 0.05) is 61.3 Å². The van der Waals surface area contributed by atoms with Crippen molar-refractivity contribution in [3.63, 3.8) is 0 Å². The van der Waals surface area contributed by atoms with Crippen molar-refractivity contribution >= 4 is 65.4 Å². The molecule has 11 rings (SSSR count). The monoisotopic (exact) mass is 901 g/mol. The van der Waals surface area contributed by atoms with Crippen LogP contribution in [0, 0.1) is 0 Å². The van der Waals surface area contributed by atoms with E-state index in [4.69, 9.17) is 4.74 Å². The van der Waals surface area contributed by atoms with Gasteiger partial charge in [0.15, 0.2) is 0 Å². The number of para-hydroxylation sites is 4. The molecule has 0 spiro atoms. The van der Waals surface area contributed by atoms with E-state index in [1.165, 1.54) is 72.1 Å². The average Bonchev–Trinajstić information content (AvgIpc) is 4.00. The number of benzene rings is 8. The van der Waals surface area contributed by atoms with Crippen LogP contribution in [-0.2, 0) is 17.9 Å². The molecule has 0 aliphatic rings. The Morgan fingerprint density at radius 2 is 0.956 bits per heavy atom. The first kappa shape index (κ1) is 43.0. The van der Waals surface area contributed by atoms with Gasteiger partial charge in [-0.1, -0.05) is 123 Å². The smallest absolute Gasteiger partial charge is 0.344 e. The molecule has 0 fully saturated rings. The lowest BCUT2D eigenvalue weighted by molar-refractivity contribution is 0.0433. The van der Waals surface area contributed by atoms with Gasteiger partial charge in [-0.15, -0.1) is 0 Å². The number of nitrogens with zero attached hydrogens (tertiary/aromatic N) is 3. The molecule has 0 aliphatic heterocycles. The Morgan fingerprint density at radius 1 is 0.500 bits per heavy atom. The fourth-order valence-corrected chi connectivity index (χ4v) is 10.5. The minimum Gasteiger partial charge on any atom is -0.428 e. The maximum atomic E-state index is 13.3. The number of fused-ring (bicyclic) bond motifs is 9. The number of hydrogen-bond donors (Lipinski definition) is 0. The van der Waals surface area contributed by atoms with Gasteiger partial charge in [0.1, 0.15) is 5.75 Å². The lowest BCUT2D eigenvalue weighted by atomic mass is 9.84. The molecule has 68 heavy (non-hydrogen) atoms. The van der Waals surface area contributed by atoms with Crippen molar-refractivity contribution in [1.29, 1.82) is 0 Å². The Kier molecular flexibility index (Phi) is 11.3. The lowest BCUT2D eigenvalue weighted by Crippen LogP contribution is -2.16. The van der Waals surface area contributed by atoms with Crippen molar-refractivity contribution in [1.82, 2.24) is 13.7 Å². The summed E-state index contributed by atoms with van der Waals surface area (Å²) in [5, 5.41) is 7.32. The topological polar surface area (TPSA) is 33.2 Å². The molecule has 5 nitrogen and oxygen atoms in total. The third kappa shape index (κ3) is 7.78. The normalized spacial score (nSPS) is 13.3. The van der Waals surface area contributed by atoms with Gasteiger partial charge in [-0.2, -0.15) is 13.2 Å². The molecule has 0 N–H and O–H groups in total. The second-order valence-corrected chi connectivity index (χ2v) is 18.1. The molecule has 3 atom stereocenters. The molecule has 0 saturated carbocycles. The van der Waals surface area contributed by atoms with Gasteiger partial charge in [0.05, 0.1) is 34.8 Å². The summed E-state index contributed by atoms with van der Waals surface area (Å²) >= 11 is 0. The van der Waals surface area contributed by atoms with E-state index in [2.05, 4.69) is 197 Å². The molecule has 338 valence electrons. The Balaban J connectivity index is 0.881. The van der Waals surface area contributed by atoms with E-state index in [0.29, 0.717) is 13.2 Å². The summed E-state index contributed by atoms with van der Waals surface area (Å²) in [4.78, 5) is 0. The van der Waals surface area contributed by atoms with Gasteiger partial charge >= 0.3 is 12.1 Å². The van der Waals surface area contributed by atoms with Crippen LogP contribution in [0.1, 0.15) is 62.1 Å². The summed E-state index contributed by atoms with van der Waals surface area (Å²) in [6.07, 6.45) is -0.764. The number of rotatable bonds is 14. The quantitative estimate of drug-likeness (QED) is 0.102. The maximum absolute atomic E-state index is 13.3. The van der Waals surface area contributed by atoms with Gasteiger partial charge in [-0.05, 0) is 121 Å². The third-order valence-corrected chi connectivity index (χ3v) is 13.9. The van der Waals surface area contributed by atoms with Crippen LogP contribution in [0.15, 0.2) is 194 Å². The van der Waals surface area contributed by atoms with Crippen molar-refractivity contribution in [3.8, 4) is 17.1 Å². The largest absolute Gasteiger partial charge is 0.428 e. The first-order valence-electron chi connectivity index (χ1n) is 23.5. The zero-order valence-corrected chi connectivity index (χ0v) is 38.2. The predicted octanol–water partition coefficient (Wildman–Crippen LogP) is 16.7. The van der Waals surface area contributed by atoms with E-state index in [-0.39, 0.29) is 23.7 Å². The molecular weight excluding hydrogens is 852 g/mol. The summed E-state index contributed by atoms with van der Waals surface area (Å²) in [7, 11) is 0. The van der Waals surface area contributed by atoms with Crippen LogP contribution in [0.5, 0.6) is 5.75 Å². The zero-order chi connectivity index (χ0) is 46.5. The van der Waals surface area contributed by atoms with E-state index in [0.717, 1.165) is 46.4 Å². The minimum absolute atomic E-state index is 0.0410. The summed E-state index contributed by atoms with van der Waals surface area (Å²) < 4.78 is 56.9. The van der Waals surface area contributed by atoms with Gasteiger partial charge in [-0.3, -0.25) is 0 Å². The van der Waals surface area contributed by atoms with E-state index < -0.39 is 12.1 Å². The van der Waals surface area contributed by atoms with Gasteiger partial charge in [-0.25, -0.2) is 0 Å². The lowest BCUT2D eigenvalue weighted by Gasteiger charge is -2.21. The average molecular weight is 902 g/mol. The number of hydrogen-bond acceptors (Lipinski definition) is 2. The summed E-state index contributed by atoms with van der Waals surface area (Å²) in [5.74, 6) is 0.550. The van der Waals surface area contributed by atoms with Gasteiger partial charge in [0.25, 0.3) is 0 Å². The molecule has 11 aromatic rings. The van der Waals surface area contributed by atoms with E-state index in [1.54, 1.807) is 0 Å². The third-order valence-electron chi connectivity index (χ3n) is 13.9. The second-order valence-electron chi connectivity index (χ2n) is 18.1. The van der Waals surface area contributed by atoms with Crippen LogP contribution < -0.4 is 4.74 Å². The highest BCUT2D eigenvalue weighted by atomic mass is 19.3. The molecule has 8 aromatic carbocycles. The molecule has 0 saturated heterocycles. The molecule has 8 heteroatoms. The Morgan fingerprint density at radius 3 is 1.41 bits per heavy atom. The first-order chi connectivity index (χ1) is 33.2. The highest BCUT2D eigenvalue weighted by Crippen LogP contribution is 2.39. The second kappa shape index (κ2) is 17.9. The van der Waals surface area contributed by atoms with Gasteiger partial charge in [0.2, 0.25) is 0 Å². The van der Waals surface area contributed by atoms with Crippen LogP contribution in [0.4, 0.5) is 13.2 Å². The summed E-state index contributed by atoms with van der Waals surface area (Å²) in [6.45, 7) is 7.67. The van der Waals surface area contributed by atoms with Crippen LogP contribution in [0.3, 0.4) is 0 Å². The maximum Gasteiger partial charge on any atom is 0.344 e. The molecule has 0 bridgehead atoms. The standard InChI is InChI=1S/C60H50F3N3O2/c1-4-41(43-25-29-46(30-26-43)68-60(63)59(61)62)33-38(2)42-23-21-40(22-24-42)37-67-39(3)36-64-53-31-27-44(65-55-17-9-5-13-47(55)48-14-6-10-18-56(48)65)34-51(53)52-35-45(28-32-54(52)64)66-57-19-11-7-15-49(57)50-16-8-12-20-58(50)66/h5-32,34-35,38-39,41H,4,33,36-37H2,1-3H3. The van der Waals surface area contributed by atoms with Crippen molar-refractivity contribution in [2.24, 2.45) is 0 Å². The van der Waals surface area contributed by atoms with E-state index in [9.17, 15) is 13.2 Å². The van der Waals surface area contributed by atoms with Crippen molar-refractivity contribution in [2.75, 3.05) is 0 Å². The van der Waals surface area contributed by atoms with Crippen LogP contribution in [0.2, 0.25) is 0 Å². The highest BCUT2D eigenvalue weighted by Gasteiger charge is 2.21. The summed E-state index contributed by atoms with van der Waals surface area (Å²) in [6, 6.07) is 62.0. The Labute approximate surface area is 392 Å². The highest BCUT2D eigenvalue weighted by molar-refractivity contribution is 6.13. The van der Waals surface area contributed by atoms with Crippen LogP contribution in [0.25, 0.3) is 76.8 Å². The Hall–Kier alpha value is -7.55. The SMILES string of the molecule is CCC(CC(C)c1ccc(COC(C)Cn2c3ccc(-n4c5ccccc5c5ccccc54)cc3c3cc(-n4c5ccccc5c5ccccc54)ccc32)cc1)c1ccc(OC(F)=C(F)F)cc1. The first-order valence-corrected chi connectivity index (χ1v) is 23.5. The minimum atomic E-state index is -2.47. The molecule has 3 unspecified atom stereocenters. The molecular formula is C60H50F3N3O2. The van der Waals surface area contributed by atoms with E-state index >= 15 is 0 Å². The molecule has 3 heterocycles. The van der Waals surface area contributed by atoms with Crippen molar-refractivity contribution in [3.05, 3.63) is 211 Å². The Bertz CT molecular complexity index is 3390. The fraction of sp³-hybridized carbons (Fsp3) is 0.167. The summed E-state index contributed by atoms with van der Waals surface area (Å²) in [5.41, 5.74) is 12.7. The van der Waals surface area contributed by atoms with Crippen LogP contribution in [-0.4, -0.2) is 19.8 Å². The molecule has 3 aromatic heterocycles. The molecule has 0 radical (unpaired) electrons.